The molecule has 1 nitrogen and oxygen atoms in total. The van der Waals surface area contributed by atoms with Gasteiger partial charge in [-0.2, -0.15) is 0 Å². The Kier molecular flexibility index (Phi) is 2.42. The lowest BCUT2D eigenvalue weighted by Gasteiger charge is -2.55. The van der Waals surface area contributed by atoms with Gasteiger partial charge in [0.2, 0.25) is 0 Å². The summed E-state index contributed by atoms with van der Waals surface area (Å²) >= 11 is 0. The minimum atomic E-state index is 0.592. The fraction of sp³-hybridized carbons (Fsp3) is 1.00. The van der Waals surface area contributed by atoms with Gasteiger partial charge in [-0.3, -0.25) is 0 Å². The van der Waals surface area contributed by atoms with Crippen molar-refractivity contribution < 1.29 is 0 Å². The molecule has 2 rings (SSSR count). The van der Waals surface area contributed by atoms with Crippen LogP contribution in [0.5, 0.6) is 0 Å². The van der Waals surface area contributed by atoms with Crippen molar-refractivity contribution in [2.75, 3.05) is 20.1 Å². The number of fused-ring (bicyclic) bond motifs is 1. The third-order valence-corrected chi connectivity index (χ3v) is 4.78. The summed E-state index contributed by atoms with van der Waals surface area (Å²) in [5.74, 6) is 0.958. The second kappa shape index (κ2) is 3.23. The Balaban J connectivity index is 2.21. The Morgan fingerprint density at radius 3 is 2.57 bits per heavy atom. The minimum Gasteiger partial charge on any atom is -0.306 e. The van der Waals surface area contributed by atoms with Crippen molar-refractivity contribution in [3.8, 4) is 0 Å². The molecule has 1 heterocycles. The Morgan fingerprint density at radius 2 is 1.86 bits per heavy atom. The fourth-order valence-corrected chi connectivity index (χ4v) is 4.21. The lowest BCUT2D eigenvalue weighted by atomic mass is 9.54. The van der Waals surface area contributed by atoms with Crippen LogP contribution in [-0.2, 0) is 0 Å². The highest BCUT2D eigenvalue weighted by atomic mass is 15.1. The molecular weight excluding hydrogens is 170 g/mol. The van der Waals surface area contributed by atoms with Crippen LogP contribution in [0, 0.1) is 16.7 Å². The lowest BCUT2D eigenvalue weighted by Crippen LogP contribution is -2.52. The average Bonchev–Trinajstić information content (AvgIpc) is 2.00. The zero-order valence-corrected chi connectivity index (χ0v) is 10.3. The van der Waals surface area contributed by atoms with E-state index in [2.05, 4.69) is 32.7 Å². The first-order valence-corrected chi connectivity index (χ1v) is 6.13. The van der Waals surface area contributed by atoms with Crippen molar-refractivity contribution in [1.82, 2.24) is 4.90 Å². The average molecular weight is 195 g/mol. The van der Waals surface area contributed by atoms with Crippen LogP contribution in [0.2, 0.25) is 0 Å². The van der Waals surface area contributed by atoms with Crippen LogP contribution >= 0.6 is 0 Å². The summed E-state index contributed by atoms with van der Waals surface area (Å²) in [4.78, 5) is 2.53. The van der Waals surface area contributed by atoms with Crippen molar-refractivity contribution in [1.29, 1.82) is 0 Å². The van der Waals surface area contributed by atoms with E-state index in [1.54, 1.807) is 0 Å². The third kappa shape index (κ3) is 1.60. The molecule has 0 spiro atoms. The van der Waals surface area contributed by atoms with E-state index in [0.29, 0.717) is 10.8 Å². The predicted molar refractivity (Wildman–Crippen MR) is 61.3 cm³/mol. The van der Waals surface area contributed by atoms with Crippen molar-refractivity contribution in [3.63, 3.8) is 0 Å². The summed E-state index contributed by atoms with van der Waals surface area (Å²) in [7, 11) is 2.28. The molecule has 2 aliphatic rings. The molecule has 82 valence electrons. The number of hydrogen-bond acceptors (Lipinski definition) is 1. The Hall–Kier alpha value is -0.0400. The van der Waals surface area contributed by atoms with Gasteiger partial charge >= 0.3 is 0 Å². The molecule has 1 saturated heterocycles. The molecule has 0 aromatic heterocycles. The summed E-state index contributed by atoms with van der Waals surface area (Å²) < 4.78 is 0. The molecule has 1 saturated carbocycles. The van der Waals surface area contributed by atoms with Crippen LogP contribution in [-0.4, -0.2) is 25.0 Å². The van der Waals surface area contributed by atoms with Gasteiger partial charge in [0.15, 0.2) is 0 Å². The van der Waals surface area contributed by atoms with Gasteiger partial charge in [-0.1, -0.05) is 27.2 Å². The summed E-state index contributed by atoms with van der Waals surface area (Å²) in [6.07, 6.45) is 5.75. The quantitative estimate of drug-likeness (QED) is 0.574. The second-order valence-electron chi connectivity index (χ2n) is 6.58. The molecule has 2 atom stereocenters. The van der Waals surface area contributed by atoms with Gasteiger partial charge in [-0.15, -0.1) is 0 Å². The fourth-order valence-electron chi connectivity index (χ4n) is 4.21. The molecule has 1 aliphatic heterocycles. The van der Waals surface area contributed by atoms with E-state index < -0.39 is 0 Å². The highest BCUT2D eigenvalue weighted by Gasteiger charge is 2.48. The van der Waals surface area contributed by atoms with Crippen molar-refractivity contribution in [2.45, 2.75) is 46.5 Å². The Bertz CT molecular complexity index is 221. The largest absolute Gasteiger partial charge is 0.306 e. The molecule has 1 heteroatoms. The molecule has 2 fully saturated rings. The maximum atomic E-state index is 2.53. The van der Waals surface area contributed by atoms with Crippen molar-refractivity contribution in [3.05, 3.63) is 0 Å². The Labute approximate surface area is 88.9 Å². The van der Waals surface area contributed by atoms with E-state index in [-0.39, 0.29) is 0 Å². The highest BCUT2D eigenvalue weighted by Crippen LogP contribution is 2.54. The van der Waals surface area contributed by atoms with E-state index in [0.717, 1.165) is 5.92 Å². The molecule has 0 bridgehead atoms. The van der Waals surface area contributed by atoms with Crippen molar-refractivity contribution in [2.24, 2.45) is 16.7 Å². The third-order valence-electron chi connectivity index (χ3n) is 4.78. The zero-order chi connectivity index (χ0) is 10.4. The molecular formula is C13H25N. The predicted octanol–water partition coefficient (Wildman–Crippen LogP) is 3.15. The molecule has 0 aromatic rings. The number of likely N-dealkylation sites (tertiary alicyclic amines) is 1. The molecule has 0 amide bonds. The molecule has 14 heavy (non-hydrogen) atoms. The van der Waals surface area contributed by atoms with Gasteiger partial charge in [0.05, 0.1) is 0 Å². The molecule has 2 unspecified atom stereocenters. The van der Waals surface area contributed by atoms with Gasteiger partial charge in [0.1, 0.15) is 0 Å². The van der Waals surface area contributed by atoms with Gasteiger partial charge in [0.25, 0.3) is 0 Å². The standard InChI is InChI=1S/C13H25N/c1-12(2)7-5-8-13(3)10-14(4)9-6-11(12)13/h11H,5-10H2,1-4H3. The summed E-state index contributed by atoms with van der Waals surface area (Å²) in [6.45, 7) is 10.1. The van der Waals surface area contributed by atoms with E-state index in [9.17, 15) is 0 Å². The van der Waals surface area contributed by atoms with Crippen LogP contribution in [0.4, 0.5) is 0 Å². The zero-order valence-electron chi connectivity index (χ0n) is 10.3. The SMILES string of the molecule is CN1CCC2C(C)(C)CCCC2(C)C1. The highest BCUT2D eigenvalue weighted by molar-refractivity contribution is 4.99. The number of piperidine rings is 1. The number of nitrogens with zero attached hydrogens (tertiary/aromatic N) is 1. The number of hydrogen-bond donors (Lipinski definition) is 0. The first-order chi connectivity index (χ1) is 6.44. The summed E-state index contributed by atoms with van der Waals surface area (Å²) in [5, 5.41) is 0. The molecule has 0 radical (unpaired) electrons. The number of rotatable bonds is 0. The maximum Gasteiger partial charge on any atom is 0.00351 e. The normalized spacial score (nSPS) is 43.3. The van der Waals surface area contributed by atoms with E-state index in [1.807, 2.05) is 0 Å². The summed E-state index contributed by atoms with van der Waals surface area (Å²) in [5.41, 5.74) is 1.20. The first-order valence-electron chi connectivity index (χ1n) is 6.13. The monoisotopic (exact) mass is 195 g/mol. The van der Waals surface area contributed by atoms with Gasteiger partial charge < -0.3 is 4.90 Å². The minimum absolute atomic E-state index is 0.592. The van der Waals surface area contributed by atoms with Crippen LogP contribution < -0.4 is 0 Å². The smallest absolute Gasteiger partial charge is 0.00351 e. The van der Waals surface area contributed by atoms with Crippen LogP contribution in [0.1, 0.15) is 46.5 Å². The van der Waals surface area contributed by atoms with Crippen molar-refractivity contribution >= 4 is 0 Å². The van der Waals surface area contributed by atoms with Crippen LogP contribution in [0.15, 0.2) is 0 Å². The van der Waals surface area contributed by atoms with E-state index in [4.69, 9.17) is 0 Å². The van der Waals surface area contributed by atoms with Gasteiger partial charge in [-0.25, -0.2) is 0 Å². The van der Waals surface area contributed by atoms with Crippen LogP contribution in [0.25, 0.3) is 0 Å². The first kappa shape index (κ1) is 10.5. The Morgan fingerprint density at radius 1 is 1.14 bits per heavy atom. The topological polar surface area (TPSA) is 3.24 Å². The molecule has 0 aromatic carbocycles. The van der Waals surface area contributed by atoms with E-state index >= 15 is 0 Å². The van der Waals surface area contributed by atoms with Gasteiger partial charge in [-0.05, 0) is 49.6 Å². The second-order valence-corrected chi connectivity index (χ2v) is 6.58. The summed E-state index contributed by atoms with van der Waals surface area (Å²) in [6, 6.07) is 0. The molecule has 1 aliphatic carbocycles. The maximum absolute atomic E-state index is 2.53. The van der Waals surface area contributed by atoms with E-state index in [1.165, 1.54) is 38.8 Å². The molecule has 0 N–H and O–H groups in total. The van der Waals surface area contributed by atoms with Crippen LogP contribution in [0.3, 0.4) is 0 Å². The lowest BCUT2D eigenvalue weighted by molar-refractivity contribution is -0.0558. The van der Waals surface area contributed by atoms with Gasteiger partial charge in [0, 0.05) is 6.54 Å².